The normalized spacial score (nSPS) is 19.5. The molecule has 1 nitrogen and oxygen atoms in total. The molecule has 0 saturated heterocycles. The number of allylic oxidation sites excluding steroid dienone is 1. The number of rotatable bonds is 4. The highest BCUT2D eigenvalue weighted by Gasteiger charge is 2.24. The first-order valence-electron chi connectivity index (χ1n) is 8.52. The Hall–Kier alpha value is -1.68. The van der Waals surface area contributed by atoms with Gasteiger partial charge < -0.3 is 4.74 Å². The molecule has 1 aromatic carbocycles. The third-order valence-electron chi connectivity index (χ3n) is 4.86. The zero-order valence-corrected chi connectivity index (χ0v) is 14.5. The average Bonchev–Trinajstić information content (AvgIpc) is 3.25. The summed E-state index contributed by atoms with van der Waals surface area (Å²) < 4.78 is 34.4. The van der Waals surface area contributed by atoms with Gasteiger partial charge in [-0.25, -0.2) is 4.39 Å². The van der Waals surface area contributed by atoms with Crippen LogP contribution in [0.1, 0.15) is 36.6 Å². The molecule has 2 aliphatic rings. The Morgan fingerprint density at radius 3 is 2.83 bits per heavy atom. The molecule has 0 radical (unpaired) electrons. The molecule has 1 unspecified atom stereocenters. The van der Waals surface area contributed by atoms with Crippen molar-refractivity contribution >= 4 is 11.3 Å². The first-order chi connectivity index (χ1) is 11.6. The van der Waals surface area contributed by atoms with Gasteiger partial charge in [0.05, 0.1) is 0 Å². The predicted octanol–water partition coefficient (Wildman–Crippen LogP) is 5.92. The van der Waals surface area contributed by atoms with Gasteiger partial charge in [0.1, 0.15) is 6.61 Å². The van der Waals surface area contributed by atoms with Gasteiger partial charge in [-0.1, -0.05) is 13.0 Å². The Kier molecular flexibility index (Phi) is 4.17. The van der Waals surface area contributed by atoms with Gasteiger partial charge in [0.25, 0.3) is 0 Å². The largest absolute Gasteiger partial charge is 0.486 e. The van der Waals surface area contributed by atoms with Gasteiger partial charge in [0, 0.05) is 15.3 Å². The highest BCUT2D eigenvalue weighted by atomic mass is 32.1. The van der Waals surface area contributed by atoms with Gasteiger partial charge in [0.15, 0.2) is 11.6 Å². The summed E-state index contributed by atoms with van der Waals surface area (Å²) in [4.78, 5) is 2.12. The van der Waals surface area contributed by atoms with E-state index in [4.69, 9.17) is 4.74 Å². The zero-order valence-electron chi connectivity index (χ0n) is 13.7. The molecule has 1 aromatic heterocycles. The van der Waals surface area contributed by atoms with E-state index in [0.717, 1.165) is 37.0 Å². The Labute approximate surface area is 145 Å². The molecule has 2 aromatic rings. The van der Waals surface area contributed by atoms with Crippen LogP contribution in [-0.4, -0.2) is 6.61 Å². The van der Waals surface area contributed by atoms with Gasteiger partial charge >= 0.3 is 0 Å². The second-order valence-corrected chi connectivity index (χ2v) is 7.99. The molecule has 126 valence electrons. The van der Waals surface area contributed by atoms with E-state index < -0.39 is 11.6 Å². The van der Waals surface area contributed by atoms with Crippen LogP contribution in [0.25, 0.3) is 10.4 Å². The smallest absolute Gasteiger partial charge is 0.201 e. The van der Waals surface area contributed by atoms with Crippen LogP contribution in [0.15, 0.2) is 29.8 Å². The van der Waals surface area contributed by atoms with Crippen molar-refractivity contribution in [1.29, 1.82) is 0 Å². The summed E-state index contributed by atoms with van der Waals surface area (Å²) in [5.74, 6) is -1.03. The molecule has 1 heterocycles. The molecule has 24 heavy (non-hydrogen) atoms. The van der Waals surface area contributed by atoms with Crippen LogP contribution in [0.2, 0.25) is 0 Å². The zero-order chi connectivity index (χ0) is 16.7. The molecule has 0 fully saturated rings. The second-order valence-electron chi connectivity index (χ2n) is 6.85. The number of hydrogen-bond donors (Lipinski definition) is 0. The van der Waals surface area contributed by atoms with E-state index in [-0.39, 0.29) is 5.75 Å². The molecule has 0 spiro atoms. The lowest BCUT2D eigenvalue weighted by atomic mass is 10.1. The third-order valence-corrected chi connectivity index (χ3v) is 6.09. The molecule has 0 bridgehead atoms. The maximum atomic E-state index is 14.5. The lowest BCUT2D eigenvalue weighted by molar-refractivity contribution is 0.322. The van der Waals surface area contributed by atoms with Crippen molar-refractivity contribution in [2.75, 3.05) is 6.61 Å². The van der Waals surface area contributed by atoms with Crippen LogP contribution >= 0.6 is 11.3 Å². The topological polar surface area (TPSA) is 9.23 Å². The highest BCUT2D eigenvalue weighted by Crippen LogP contribution is 2.40. The summed E-state index contributed by atoms with van der Waals surface area (Å²) in [5.41, 5.74) is 2.80. The Bertz CT molecular complexity index is 783. The molecule has 1 atom stereocenters. The summed E-state index contributed by atoms with van der Waals surface area (Å²) in [6.45, 7) is 2.57. The molecular weight excluding hydrogens is 326 g/mol. The Morgan fingerprint density at radius 2 is 2.08 bits per heavy atom. The minimum Gasteiger partial charge on any atom is -0.486 e. The van der Waals surface area contributed by atoms with Crippen LogP contribution in [-0.2, 0) is 12.8 Å². The average molecular weight is 346 g/mol. The van der Waals surface area contributed by atoms with Crippen LogP contribution in [0.5, 0.6) is 5.75 Å². The third kappa shape index (κ3) is 2.88. The fourth-order valence-electron chi connectivity index (χ4n) is 3.58. The first kappa shape index (κ1) is 15.8. The van der Waals surface area contributed by atoms with E-state index in [2.05, 4.69) is 13.0 Å². The summed E-state index contributed by atoms with van der Waals surface area (Å²) >= 11 is 1.58. The van der Waals surface area contributed by atoms with Crippen molar-refractivity contribution in [2.45, 2.75) is 39.0 Å². The number of thiophene rings is 1. The standard InChI is InChI=1S/C20H20F2OS/c1-12-8-14-10-18(24-17(14)9-12)15-6-7-16(20(22)19(15)21)23-11-13-4-2-3-5-13/h4,6-7,10,12H,2-3,5,8-9,11H2,1H3. The van der Waals surface area contributed by atoms with Crippen molar-refractivity contribution in [1.82, 2.24) is 0 Å². The molecule has 0 saturated carbocycles. The van der Waals surface area contributed by atoms with E-state index in [1.807, 2.05) is 6.07 Å². The van der Waals surface area contributed by atoms with Gasteiger partial charge in [-0.3, -0.25) is 0 Å². The van der Waals surface area contributed by atoms with Crippen LogP contribution in [0.4, 0.5) is 8.78 Å². The van der Waals surface area contributed by atoms with E-state index in [1.165, 1.54) is 16.0 Å². The van der Waals surface area contributed by atoms with Gasteiger partial charge in [-0.05, 0) is 67.4 Å². The monoisotopic (exact) mass is 346 g/mol. The van der Waals surface area contributed by atoms with Crippen molar-refractivity contribution in [3.63, 3.8) is 0 Å². The van der Waals surface area contributed by atoms with Gasteiger partial charge in [0.2, 0.25) is 5.82 Å². The van der Waals surface area contributed by atoms with Crippen molar-refractivity contribution < 1.29 is 13.5 Å². The summed E-state index contributed by atoms with van der Waals surface area (Å²) in [6.07, 6.45) is 7.36. The SMILES string of the molecule is CC1Cc2cc(-c3ccc(OCC4=CCCC4)c(F)c3F)sc2C1. The van der Waals surface area contributed by atoms with Crippen LogP contribution in [0.3, 0.4) is 0 Å². The molecular formula is C20H20F2OS. The van der Waals surface area contributed by atoms with Crippen molar-refractivity contribution in [3.8, 4) is 16.2 Å². The lowest BCUT2D eigenvalue weighted by Crippen LogP contribution is -2.03. The van der Waals surface area contributed by atoms with Gasteiger partial charge in [-0.15, -0.1) is 11.3 Å². The maximum absolute atomic E-state index is 14.5. The summed E-state index contributed by atoms with van der Waals surface area (Å²) in [6, 6.07) is 5.21. The molecule has 0 N–H and O–H groups in total. The van der Waals surface area contributed by atoms with E-state index >= 15 is 0 Å². The van der Waals surface area contributed by atoms with Gasteiger partial charge in [-0.2, -0.15) is 4.39 Å². The number of halogens is 2. The van der Waals surface area contributed by atoms with Crippen molar-refractivity contribution in [3.05, 3.63) is 51.9 Å². The quantitative estimate of drug-likeness (QED) is 0.625. The van der Waals surface area contributed by atoms with Crippen molar-refractivity contribution in [2.24, 2.45) is 5.92 Å². The number of benzene rings is 1. The minimum absolute atomic E-state index is 0.00164. The molecule has 4 heteroatoms. The van der Waals surface area contributed by atoms with E-state index in [0.29, 0.717) is 18.1 Å². The van der Waals surface area contributed by atoms with Crippen LogP contribution < -0.4 is 4.74 Å². The lowest BCUT2D eigenvalue weighted by Gasteiger charge is -2.10. The van der Waals surface area contributed by atoms with E-state index in [9.17, 15) is 8.78 Å². The molecule has 2 aliphatic carbocycles. The summed E-state index contributed by atoms with van der Waals surface area (Å²) in [7, 11) is 0. The molecule has 0 amide bonds. The van der Waals surface area contributed by atoms with Crippen LogP contribution in [0, 0.1) is 17.6 Å². The Balaban J connectivity index is 1.57. The fraction of sp³-hybridized carbons (Fsp3) is 0.400. The number of hydrogen-bond acceptors (Lipinski definition) is 2. The summed E-state index contributed by atoms with van der Waals surface area (Å²) in [5, 5.41) is 0. The maximum Gasteiger partial charge on any atom is 0.201 e. The minimum atomic E-state index is -0.881. The Morgan fingerprint density at radius 1 is 1.21 bits per heavy atom. The fourth-order valence-corrected chi connectivity index (χ4v) is 4.96. The number of ether oxygens (including phenoxy) is 1. The predicted molar refractivity (Wildman–Crippen MR) is 93.7 cm³/mol. The molecule has 4 rings (SSSR count). The number of fused-ring (bicyclic) bond motifs is 1. The highest BCUT2D eigenvalue weighted by molar-refractivity contribution is 7.15. The molecule has 0 aliphatic heterocycles. The first-order valence-corrected chi connectivity index (χ1v) is 9.34. The van der Waals surface area contributed by atoms with E-state index in [1.54, 1.807) is 23.5 Å². The second kappa shape index (κ2) is 6.32.